The quantitative estimate of drug-likeness (QED) is 0.448. The Morgan fingerprint density at radius 3 is 2.54 bits per heavy atom. The molecule has 2 aromatic rings. The van der Waals surface area contributed by atoms with Crippen LogP contribution >= 0.6 is 24.0 Å². The first-order valence-electron chi connectivity index (χ1n) is 7.96. The summed E-state index contributed by atoms with van der Waals surface area (Å²) < 4.78 is 4.85. The number of piperazine rings is 1. The van der Waals surface area contributed by atoms with Crippen molar-refractivity contribution >= 4 is 29.9 Å². The van der Waals surface area contributed by atoms with E-state index in [9.17, 15) is 0 Å². The molecule has 3 rings (SSSR count). The number of rotatable bonds is 4. The van der Waals surface area contributed by atoms with Crippen molar-refractivity contribution in [2.45, 2.75) is 13.1 Å². The summed E-state index contributed by atoms with van der Waals surface area (Å²) in [4.78, 5) is 9.15. The van der Waals surface area contributed by atoms with Crippen LogP contribution in [0, 0.1) is 0 Å². The highest BCUT2D eigenvalue weighted by Crippen LogP contribution is 2.08. The van der Waals surface area contributed by atoms with E-state index in [0.717, 1.165) is 44.4 Å². The molecular weight excluding hydrogens is 417 g/mol. The Kier molecular flexibility index (Phi) is 7.51. The first-order chi connectivity index (χ1) is 11.3. The van der Waals surface area contributed by atoms with Gasteiger partial charge in [-0.3, -0.25) is 9.89 Å². The lowest BCUT2D eigenvalue weighted by atomic mass is 10.2. The highest BCUT2D eigenvalue weighted by Gasteiger charge is 2.19. The summed E-state index contributed by atoms with van der Waals surface area (Å²) in [6.07, 6.45) is 1.59. The summed E-state index contributed by atoms with van der Waals surface area (Å²) >= 11 is 0. The van der Waals surface area contributed by atoms with Crippen LogP contribution < -0.4 is 5.32 Å². The van der Waals surface area contributed by atoms with Crippen molar-refractivity contribution in [2.24, 2.45) is 4.99 Å². The van der Waals surface area contributed by atoms with Crippen molar-refractivity contribution < 1.29 is 4.52 Å². The number of nitrogens with one attached hydrogen (secondary N) is 1. The monoisotopic (exact) mass is 441 g/mol. The van der Waals surface area contributed by atoms with Gasteiger partial charge in [0, 0.05) is 45.8 Å². The molecule has 24 heavy (non-hydrogen) atoms. The Morgan fingerprint density at radius 2 is 1.92 bits per heavy atom. The molecule has 1 aromatic carbocycles. The van der Waals surface area contributed by atoms with Gasteiger partial charge in [-0.15, -0.1) is 24.0 Å². The van der Waals surface area contributed by atoms with Crippen molar-refractivity contribution in [1.29, 1.82) is 0 Å². The van der Waals surface area contributed by atoms with Crippen molar-refractivity contribution in [3.8, 4) is 0 Å². The molecule has 1 N–H and O–H groups in total. The van der Waals surface area contributed by atoms with Crippen LogP contribution in [0.3, 0.4) is 0 Å². The molecule has 0 aliphatic carbocycles. The van der Waals surface area contributed by atoms with E-state index >= 15 is 0 Å². The van der Waals surface area contributed by atoms with Crippen LogP contribution in [-0.2, 0) is 13.1 Å². The number of hydrogen-bond donors (Lipinski definition) is 1. The van der Waals surface area contributed by atoms with Gasteiger partial charge in [-0.25, -0.2) is 0 Å². The van der Waals surface area contributed by atoms with Gasteiger partial charge in [0.2, 0.25) is 0 Å². The second-order valence-electron chi connectivity index (χ2n) is 5.64. The summed E-state index contributed by atoms with van der Waals surface area (Å²) in [5.74, 6) is 0.923. The van der Waals surface area contributed by atoms with Gasteiger partial charge in [0.1, 0.15) is 12.0 Å². The predicted molar refractivity (Wildman–Crippen MR) is 105 cm³/mol. The zero-order valence-electron chi connectivity index (χ0n) is 13.9. The molecule has 6 nitrogen and oxygen atoms in total. The van der Waals surface area contributed by atoms with Crippen LogP contribution in [0.15, 0.2) is 52.2 Å². The van der Waals surface area contributed by atoms with Crippen LogP contribution in [0.25, 0.3) is 0 Å². The smallest absolute Gasteiger partial charge is 0.194 e. The van der Waals surface area contributed by atoms with E-state index in [4.69, 9.17) is 4.52 Å². The van der Waals surface area contributed by atoms with Crippen molar-refractivity contribution in [1.82, 2.24) is 20.3 Å². The molecule has 1 aromatic heterocycles. The van der Waals surface area contributed by atoms with Crippen molar-refractivity contribution in [3.05, 3.63) is 53.9 Å². The first kappa shape index (κ1) is 18.7. The predicted octanol–water partition coefficient (Wildman–Crippen LogP) is 2.19. The van der Waals surface area contributed by atoms with Gasteiger partial charge in [-0.05, 0) is 5.56 Å². The molecule has 0 atom stereocenters. The molecule has 2 heterocycles. The molecule has 1 aliphatic heterocycles. The maximum absolute atomic E-state index is 4.85. The molecule has 0 radical (unpaired) electrons. The number of aromatic nitrogens is 1. The minimum atomic E-state index is 0. The van der Waals surface area contributed by atoms with E-state index in [1.807, 2.05) is 13.1 Å². The average Bonchev–Trinajstić information content (AvgIpc) is 3.11. The summed E-state index contributed by atoms with van der Waals surface area (Å²) in [6, 6.07) is 12.5. The third-order valence-corrected chi connectivity index (χ3v) is 4.05. The Balaban J connectivity index is 0.00000208. The largest absolute Gasteiger partial charge is 0.364 e. The SMILES string of the molecule is CN=C(NCc1ccon1)N1CCN(Cc2ccccc2)CC1.I. The molecule has 7 heteroatoms. The number of hydrogen-bond acceptors (Lipinski definition) is 4. The lowest BCUT2D eigenvalue weighted by Gasteiger charge is -2.36. The van der Waals surface area contributed by atoms with Gasteiger partial charge >= 0.3 is 0 Å². The second-order valence-corrected chi connectivity index (χ2v) is 5.64. The number of guanidine groups is 1. The average molecular weight is 441 g/mol. The normalized spacial score (nSPS) is 15.9. The summed E-state index contributed by atoms with van der Waals surface area (Å²) in [5.41, 5.74) is 2.25. The standard InChI is InChI=1S/C17H23N5O.HI/c1-18-17(19-13-16-7-12-23-20-16)22-10-8-21(9-11-22)14-15-5-3-2-4-6-15;/h2-7,12H,8-11,13-14H2,1H3,(H,18,19);1H. The maximum Gasteiger partial charge on any atom is 0.194 e. The third-order valence-electron chi connectivity index (χ3n) is 4.05. The number of nitrogens with zero attached hydrogens (tertiary/aromatic N) is 4. The Morgan fingerprint density at radius 1 is 1.17 bits per heavy atom. The lowest BCUT2D eigenvalue weighted by Crippen LogP contribution is -2.52. The number of benzene rings is 1. The van der Waals surface area contributed by atoms with E-state index in [-0.39, 0.29) is 24.0 Å². The van der Waals surface area contributed by atoms with Crippen LogP contribution in [0.1, 0.15) is 11.3 Å². The topological polar surface area (TPSA) is 56.9 Å². The van der Waals surface area contributed by atoms with E-state index in [1.165, 1.54) is 5.56 Å². The highest BCUT2D eigenvalue weighted by molar-refractivity contribution is 14.0. The van der Waals surface area contributed by atoms with Gasteiger partial charge in [0.15, 0.2) is 5.96 Å². The summed E-state index contributed by atoms with van der Waals surface area (Å²) in [6.45, 7) is 5.68. The molecule has 0 amide bonds. The molecular formula is C17H24IN5O. The number of halogens is 1. The first-order valence-corrected chi connectivity index (χ1v) is 7.96. The molecule has 1 aliphatic rings. The third kappa shape index (κ3) is 5.20. The Hall–Kier alpha value is -1.61. The lowest BCUT2D eigenvalue weighted by molar-refractivity contribution is 0.172. The minimum Gasteiger partial charge on any atom is -0.364 e. The van der Waals surface area contributed by atoms with Crippen LogP contribution in [0.2, 0.25) is 0 Å². The maximum atomic E-state index is 4.85. The summed E-state index contributed by atoms with van der Waals surface area (Å²) in [5, 5.41) is 7.25. The fourth-order valence-corrected chi connectivity index (χ4v) is 2.79. The van der Waals surface area contributed by atoms with Crippen molar-refractivity contribution in [3.63, 3.8) is 0 Å². The van der Waals surface area contributed by atoms with E-state index in [2.05, 4.69) is 55.6 Å². The minimum absolute atomic E-state index is 0. The summed E-state index contributed by atoms with van der Waals surface area (Å²) in [7, 11) is 1.82. The zero-order valence-corrected chi connectivity index (χ0v) is 16.2. The van der Waals surface area contributed by atoms with Gasteiger partial charge in [-0.2, -0.15) is 0 Å². The van der Waals surface area contributed by atoms with Crippen LogP contribution in [0.4, 0.5) is 0 Å². The molecule has 130 valence electrons. The van der Waals surface area contributed by atoms with Crippen LogP contribution in [-0.4, -0.2) is 54.1 Å². The van der Waals surface area contributed by atoms with E-state index < -0.39 is 0 Å². The number of aliphatic imine (C=N–C) groups is 1. The van der Waals surface area contributed by atoms with Gasteiger partial charge in [0.05, 0.1) is 6.54 Å². The van der Waals surface area contributed by atoms with Crippen LogP contribution in [0.5, 0.6) is 0 Å². The van der Waals surface area contributed by atoms with E-state index in [0.29, 0.717) is 6.54 Å². The zero-order chi connectivity index (χ0) is 15.9. The molecule has 1 fully saturated rings. The fourth-order valence-electron chi connectivity index (χ4n) is 2.79. The fraction of sp³-hybridized carbons (Fsp3) is 0.412. The van der Waals surface area contributed by atoms with Gasteiger partial charge in [0.25, 0.3) is 0 Å². The molecule has 0 saturated carbocycles. The molecule has 0 spiro atoms. The van der Waals surface area contributed by atoms with E-state index in [1.54, 1.807) is 6.26 Å². The molecule has 1 saturated heterocycles. The molecule has 0 bridgehead atoms. The second kappa shape index (κ2) is 9.63. The van der Waals surface area contributed by atoms with Crippen molar-refractivity contribution in [2.75, 3.05) is 33.2 Å². The Labute approximate surface area is 159 Å². The van der Waals surface area contributed by atoms with Gasteiger partial charge in [-0.1, -0.05) is 35.5 Å². The highest BCUT2D eigenvalue weighted by atomic mass is 127. The van der Waals surface area contributed by atoms with Gasteiger partial charge < -0.3 is 14.7 Å². The Bertz CT molecular complexity index is 609. The molecule has 0 unspecified atom stereocenters.